The van der Waals surface area contributed by atoms with Crippen molar-refractivity contribution in [1.29, 1.82) is 0 Å². The van der Waals surface area contributed by atoms with E-state index in [1.807, 2.05) is 30.3 Å². The van der Waals surface area contributed by atoms with Crippen LogP contribution >= 0.6 is 0 Å². The molecule has 1 atom stereocenters. The van der Waals surface area contributed by atoms with Crippen LogP contribution in [-0.2, 0) is 21.4 Å². The summed E-state index contributed by atoms with van der Waals surface area (Å²) >= 11 is 0. The van der Waals surface area contributed by atoms with Gasteiger partial charge < -0.3 is 4.74 Å². The van der Waals surface area contributed by atoms with Crippen molar-refractivity contribution in [2.45, 2.75) is 17.6 Å². The number of esters is 1. The second kappa shape index (κ2) is 11.0. The van der Waals surface area contributed by atoms with Gasteiger partial charge in [-0.2, -0.15) is 0 Å². The fourth-order valence-electron chi connectivity index (χ4n) is 2.31. The quantitative estimate of drug-likeness (QED) is 0.114. The first-order chi connectivity index (χ1) is 14.6. The lowest BCUT2D eigenvalue weighted by atomic mass is 9.94. The Labute approximate surface area is 180 Å². The molecule has 31 heavy (non-hydrogen) atoms. The van der Waals surface area contributed by atoms with Gasteiger partial charge in [0.2, 0.25) is 0 Å². The molecule has 0 bridgehead atoms. The van der Waals surface area contributed by atoms with Gasteiger partial charge in [0, 0.05) is 23.4 Å². The van der Waals surface area contributed by atoms with Gasteiger partial charge in [-0.1, -0.05) is 30.3 Å². The Morgan fingerprint density at radius 1 is 0.839 bits per heavy atom. The molecule has 0 aliphatic rings. The first kappa shape index (κ1) is 24.5. The van der Waals surface area contributed by atoms with Gasteiger partial charge in [0.25, 0.3) is 0 Å². The molecule has 164 valence electrons. The monoisotopic (exact) mass is 454 g/mol. The first-order valence-corrected chi connectivity index (χ1v) is 10.3. The number of hydrogen-bond acceptors (Lipinski definition) is 2. The molecule has 0 fully saturated rings. The van der Waals surface area contributed by atoms with E-state index < -0.39 is 42.4 Å². The lowest BCUT2D eigenvalue weighted by molar-refractivity contribution is -0.131. The van der Waals surface area contributed by atoms with Gasteiger partial charge in [-0.05, 0) is 32.1 Å². The topological polar surface area (TPSA) is 26.3 Å². The van der Waals surface area contributed by atoms with E-state index in [1.165, 1.54) is 17.4 Å². The normalized spacial score (nSPS) is 11.4. The predicted molar refractivity (Wildman–Crippen MR) is 115 cm³/mol. The zero-order valence-electron chi connectivity index (χ0n) is 16.0. The highest BCUT2D eigenvalue weighted by atomic mass is 32.2. The summed E-state index contributed by atoms with van der Waals surface area (Å²) < 4.78 is 66.8. The molecule has 0 saturated heterocycles. The molecule has 3 aromatic carbocycles. The van der Waals surface area contributed by atoms with E-state index in [0.29, 0.717) is 5.75 Å². The average molecular weight is 454 g/mol. The molecule has 0 N–H and O–H groups in total. The molecule has 3 rings (SSSR count). The van der Waals surface area contributed by atoms with E-state index in [1.54, 1.807) is 0 Å². The summed E-state index contributed by atoms with van der Waals surface area (Å²) in [6.07, 6.45) is 2.23. The van der Waals surface area contributed by atoms with Crippen molar-refractivity contribution in [2.24, 2.45) is 0 Å². The summed E-state index contributed by atoms with van der Waals surface area (Å²) in [6.45, 7) is 1.41. The molecule has 0 aliphatic heterocycles. The number of rotatable bonds is 4. The van der Waals surface area contributed by atoms with Crippen LogP contribution in [0, 0.1) is 29.1 Å². The van der Waals surface area contributed by atoms with Gasteiger partial charge in [-0.3, -0.25) is 4.79 Å². The van der Waals surface area contributed by atoms with Crippen molar-refractivity contribution >= 4 is 30.2 Å². The Morgan fingerprint density at radius 3 is 1.81 bits per heavy atom. The van der Waals surface area contributed by atoms with Crippen LogP contribution < -0.4 is 10.2 Å². The van der Waals surface area contributed by atoms with Crippen LogP contribution in [0.25, 0.3) is 0 Å². The number of carbonyl (C=O) groups excluding carboxylic acids is 1. The Bertz CT molecular complexity index is 941. The average Bonchev–Trinajstić information content (AvgIpc) is 2.76. The number of hydrogen-bond donors (Lipinski definition) is 0. The van der Waals surface area contributed by atoms with Crippen LogP contribution in [0.5, 0.6) is 5.75 Å². The van der Waals surface area contributed by atoms with Gasteiger partial charge in [0.1, 0.15) is 29.4 Å². The minimum atomic E-state index is -2.09. The van der Waals surface area contributed by atoms with Crippen molar-refractivity contribution in [1.82, 2.24) is 0 Å². The van der Waals surface area contributed by atoms with E-state index in [4.69, 9.17) is 4.74 Å². The minimum absolute atomic E-state index is 0.154. The van der Waals surface area contributed by atoms with Gasteiger partial charge in [-0.15, -0.1) is 5.46 Å². The van der Waals surface area contributed by atoms with E-state index in [0.717, 1.165) is 5.75 Å². The largest absolute Gasteiger partial charge is 0.427 e. The first-order valence-electron chi connectivity index (χ1n) is 8.54. The van der Waals surface area contributed by atoms with Crippen LogP contribution in [-0.4, -0.2) is 20.1 Å². The molecular formula is C22H20BF5O2S. The third kappa shape index (κ3) is 6.59. The molecule has 0 amide bonds. The van der Waals surface area contributed by atoms with E-state index in [-0.39, 0.29) is 16.9 Å². The zero-order valence-corrected chi connectivity index (χ0v) is 16.8. The summed E-state index contributed by atoms with van der Waals surface area (Å²) in [4.78, 5) is 12.1. The van der Waals surface area contributed by atoms with Crippen molar-refractivity contribution in [2.75, 3.05) is 6.26 Å². The summed E-state index contributed by atoms with van der Waals surface area (Å²) in [5.74, 6) is -7.78. The molecule has 2 nitrogen and oxygen atoms in total. The summed E-state index contributed by atoms with van der Waals surface area (Å²) in [5, 5.41) is 0. The number of halogens is 5. The highest BCUT2D eigenvalue weighted by molar-refractivity contribution is 7.95. The van der Waals surface area contributed by atoms with Crippen LogP contribution in [0.4, 0.5) is 22.0 Å². The standard InChI is InChI=1S/C16H17O2S.C6H3BF5/c1-13(17)18-15-8-10-16(11-9-15)19(2)12-14-6-4-3-5-7-14;7-1-2(8)4(10)6(12)5(11)3(1)9/h3-11H,12H2,1-2H3;7H3/q+1;-1. The molecule has 0 heterocycles. The molecule has 0 aliphatic carbocycles. The van der Waals surface area contributed by atoms with Crippen LogP contribution in [0.1, 0.15) is 12.5 Å². The molecular weight excluding hydrogens is 434 g/mol. The number of ether oxygens (including phenoxy) is 1. The minimum Gasteiger partial charge on any atom is -0.427 e. The molecule has 0 spiro atoms. The van der Waals surface area contributed by atoms with E-state index in [9.17, 15) is 26.7 Å². The molecule has 9 heteroatoms. The predicted octanol–water partition coefficient (Wildman–Crippen LogP) is 3.79. The highest BCUT2D eigenvalue weighted by Crippen LogP contribution is 2.20. The summed E-state index contributed by atoms with van der Waals surface area (Å²) in [7, 11) is -0.900. The molecule has 0 saturated carbocycles. The maximum Gasteiger partial charge on any atom is 0.308 e. The van der Waals surface area contributed by atoms with Crippen LogP contribution in [0.3, 0.4) is 0 Å². The lowest BCUT2D eigenvalue weighted by Gasteiger charge is -2.06. The van der Waals surface area contributed by atoms with E-state index >= 15 is 0 Å². The molecule has 0 aromatic heterocycles. The van der Waals surface area contributed by atoms with Crippen LogP contribution in [0.2, 0.25) is 0 Å². The molecule has 0 radical (unpaired) electrons. The maximum atomic E-state index is 12.5. The van der Waals surface area contributed by atoms with Crippen LogP contribution in [0.15, 0.2) is 59.5 Å². The maximum absolute atomic E-state index is 12.5. The number of carbonyl (C=O) groups is 1. The highest BCUT2D eigenvalue weighted by Gasteiger charge is 2.19. The Kier molecular flexibility index (Phi) is 8.68. The zero-order chi connectivity index (χ0) is 23.1. The van der Waals surface area contributed by atoms with E-state index in [2.05, 4.69) is 30.5 Å². The third-order valence-electron chi connectivity index (χ3n) is 3.70. The van der Waals surface area contributed by atoms with Crippen molar-refractivity contribution < 1.29 is 31.5 Å². The lowest BCUT2D eigenvalue weighted by Crippen LogP contribution is -2.20. The van der Waals surface area contributed by atoms with Gasteiger partial charge in [0.05, 0.1) is 0 Å². The van der Waals surface area contributed by atoms with Crippen molar-refractivity contribution in [3.8, 4) is 5.75 Å². The Hall–Kier alpha value is -2.81. The van der Waals surface area contributed by atoms with Gasteiger partial charge >= 0.3 is 5.97 Å². The number of benzene rings is 3. The summed E-state index contributed by atoms with van der Waals surface area (Å²) in [6, 6.07) is 18.2. The fraction of sp³-hybridized carbons (Fsp3) is 0.136. The van der Waals surface area contributed by atoms with Crippen molar-refractivity contribution in [3.63, 3.8) is 0 Å². The SMILES string of the molecule is CC(=O)Oc1ccc([S+](C)Cc2ccccc2)cc1.[BH3-]c1c(F)c(F)c(F)c(F)c1F. The smallest absolute Gasteiger partial charge is 0.308 e. The molecule has 3 aromatic rings. The fourth-order valence-corrected chi connectivity index (χ4v) is 3.77. The van der Waals surface area contributed by atoms with Crippen molar-refractivity contribution in [3.05, 3.63) is 89.2 Å². The van der Waals surface area contributed by atoms with Gasteiger partial charge in [-0.25, -0.2) is 22.0 Å². The summed E-state index contributed by atoms with van der Waals surface area (Å²) in [5.41, 5.74) is 0.726. The second-order valence-electron chi connectivity index (χ2n) is 6.03. The Balaban J connectivity index is 0.000000245. The molecule has 1 unspecified atom stereocenters. The second-order valence-corrected chi connectivity index (χ2v) is 8.06. The van der Waals surface area contributed by atoms with Gasteiger partial charge in [0.15, 0.2) is 22.3 Å². The Morgan fingerprint density at radius 2 is 1.32 bits per heavy atom. The third-order valence-corrected chi connectivity index (χ3v) is 5.55.